The zero-order valence-corrected chi connectivity index (χ0v) is 13.1. The summed E-state index contributed by atoms with van der Waals surface area (Å²) in [6.45, 7) is 0. The Hall–Kier alpha value is -2.87. The van der Waals surface area contributed by atoms with Crippen LogP contribution in [-0.2, 0) is 6.18 Å². The standard InChI is InChI=1S/C16H9ClF3N3O2/c17-11-5-1-3-9(7-11)14-13(15(24)25)21-22-23(14)12-6-2-4-10(8-12)16(18,19)20/h1-8H,(H,24,25). The Morgan fingerprint density at radius 3 is 2.48 bits per heavy atom. The molecular formula is C16H9ClF3N3O2. The highest BCUT2D eigenvalue weighted by molar-refractivity contribution is 6.30. The Balaban J connectivity index is 2.23. The molecule has 2 aromatic carbocycles. The lowest BCUT2D eigenvalue weighted by atomic mass is 10.1. The predicted molar refractivity (Wildman–Crippen MR) is 83.8 cm³/mol. The van der Waals surface area contributed by atoms with Gasteiger partial charge in [-0.1, -0.05) is 35.0 Å². The first-order valence-corrected chi connectivity index (χ1v) is 7.28. The lowest BCUT2D eigenvalue weighted by molar-refractivity contribution is -0.137. The number of rotatable bonds is 3. The molecule has 0 atom stereocenters. The van der Waals surface area contributed by atoms with Gasteiger partial charge in [0, 0.05) is 10.6 Å². The second-order valence-corrected chi connectivity index (χ2v) is 5.50. The number of nitrogens with zero attached hydrogens (tertiary/aromatic N) is 3. The van der Waals surface area contributed by atoms with E-state index in [0.717, 1.165) is 16.8 Å². The molecule has 0 saturated carbocycles. The van der Waals surface area contributed by atoms with Crippen molar-refractivity contribution in [3.63, 3.8) is 0 Å². The molecule has 5 nitrogen and oxygen atoms in total. The highest BCUT2D eigenvalue weighted by atomic mass is 35.5. The lowest BCUT2D eigenvalue weighted by Crippen LogP contribution is -2.07. The van der Waals surface area contributed by atoms with Crippen LogP contribution in [0.25, 0.3) is 16.9 Å². The largest absolute Gasteiger partial charge is 0.476 e. The highest BCUT2D eigenvalue weighted by Gasteiger charge is 2.31. The van der Waals surface area contributed by atoms with Crippen molar-refractivity contribution in [2.45, 2.75) is 6.18 Å². The Morgan fingerprint density at radius 2 is 1.84 bits per heavy atom. The number of benzene rings is 2. The van der Waals surface area contributed by atoms with Gasteiger partial charge in [0.1, 0.15) is 5.69 Å². The molecule has 0 bridgehead atoms. The van der Waals surface area contributed by atoms with Gasteiger partial charge in [0.2, 0.25) is 0 Å². The number of aromatic carboxylic acids is 1. The summed E-state index contributed by atoms with van der Waals surface area (Å²) >= 11 is 5.93. The average molecular weight is 368 g/mol. The molecule has 0 aliphatic heterocycles. The number of hydrogen-bond acceptors (Lipinski definition) is 3. The molecule has 3 rings (SSSR count). The normalized spacial score (nSPS) is 11.5. The van der Waals surface area contributed by atoms with E-state index in [9.17, 15) is 23.1 Å². The molecule has 0 amide bonds. The van der Waals surface area contributed by atoms with E-state index in [1.165, 1.54) is 18.2 Å². The molecule has 128 valence electrons. The van der Waals surface area contributed by atoms with Crippen LogP contribution in [0.4, 0.5) is 13.2 Å². The van der Waals surface area contributed by atoms with Crippen molar-refractivity contribution in [1.29, 1.82) is 0 Å². The Labute approximate surface area is 144 Å². The minimum absolute atomic E-state index is 0.0322. The van der Waals surface area contributed by atoms with Gasteiger partial charge in [-0.15, -0.1) is 5.10 Å². The average Bonchev–Trinajstić information content (AvgIpc) is 2.99. The summed E-state index contributed by atoms with van der Waals surface area (Å²) in [7, 11) is 0. The third-order valence-corrected chi connectivity index (χ3v) is 3.62. The van der Waals surface area contributed by atoms with E-state index < -0.39 is 17.7 Å². The number of carbonyl (C=O) groups is 1. The number of halogens is 4. The highest BCUT2D eigenvalue weighted by Crippen LogP contribution is 2.32. The minimum Gasteiger partial charge on any atom is -0.476 e. The fraction of sp³-hybridized carbons (Fsp3) is 0.0625. The first-order valence-electron chi connectivity index (χ1n) is 6.90. The van der Waals surface area contributed by atoms with Crippen LogP contribution >= 0.6 is 11.6 Å². The van der Waals surface area contributed by atoms with Crippen LogP contribution in [0.2, 0.25) is 5.02 Å². The first-order chi connectivity index (χ1) is 11.8. The monoisotopic (exact) mass is 367 g/mol. The first kappa shape index (κ1) is 17.0. The van der Waals surface area contributed by atoms with Crippen molar-refractivity contribution in [1.82, 2.24) is 15.0 Å². The number of aromatic nitrogens is 3. The van der Waals surface area contributed by atoms with Crippen molar-refractivity contribution >= 4 is 17.6 Å². The maximum Gasteiger partial charge on any atom is 0.416 e. The molecule has 0 spiro atoms. The summed E-state index contributed by atoms with van der Waals surface area (Å²) < 4.78 is 39.9. The van der Waals surface area contributed by atoms with Crippen LogP contribution in [0.5, 0.6) is 0 Å². The van der Waals surface area contributed by atoms with E-state index in [1.54, 1.807) is 18.2 Å². The molecule has 0 radical (unpaired) electrons. The van der Waals surface area contributed by atoms with Crippen molar-refractivity contribution < 1.29 is 23.1 Å². The Morgan fingerprint density at radius 1 is 1.12 bits per heavy atom. The van der Waals surface area contributed by atoms with Gasteiger partial charge in [0.25, 0.3) is 0 Å². The van der Waals surface area contributed by atoms with Crippen LogP contribution in [-0.4, -0.2) is 26.1 Å². The lowest BCUT2D eigenvalue weighted by Gasteiger charge is -2.11. The molecule has 0 fully saturated rings. The van der Waals surface area contributed by atoms with Crippen molar-refractivity contribution in [2.24, 2.45) is 0 Å². The molecular weight excluding hydrogens is 359 g/mol. The van der Waals surface area contributed by atoms with Gasteiger partial charge in [-0.2, -0.15) is 13.2 Å². The zero-order chi connectivity index (χ0) is 18.2. The zero-order valence-electron chi connectivity index (χ0n) is 12.3. The third-order valence-electron chi connectivity index (χ3n) is 3.39. The molecule has 0 unspecified atom stereocenters. The van der Waals surface area contributed by atoms with E-state index in [1.807, 2.05) is 0 Å². The van der Waals surface area contributed by atoms with Gasteiger partial charge in [0.05, 0.1) is 11.3 Å². The molecule has 9 heteroatoms. The number of carboxylic acids is 1. The fourth-order valence-corrected chi connectivity index (χ4v) is 2.51. The van der Waals surface area contributed by atoms with Gasteiger partial charge < -0.3 is 5.11 Å². The smallest absolute Gasteiger partial charge is 0.416 e. The van der Waals surface area contributed by atoms with E-state index in [-0.39, 0.29) is 17.1 Å². The van der Waals surface area contributed by atoms with Gasteiger partial charge in [0.15, 0.2) is 5.69 Å². The number of carboxylic acid groups (broad SMARTS) is 1. The predicted octanol–water partition coefficient (Wildman–Crippen LogP) is 4.30. The minimum atomic E-state index is -4.54. The maximum atomic E-state index is 12.9. The van der Waals surface area contributed by atoms with Crippen molar-refractivity contribution in [3.8, 4) is 16.9 Å². The second-order valence-electron chi connectivity index (χ2n) is 5.06. The van der Waals surface area contributed by atoms with Gasteiger partial charge in [-0.3, -0.25) is 0 Å². The van der Waals surface area contributed by atoms with Gasteiger partial charge in [-0.25, -0.2) is 9.48 Å². The summed E-state index contributed by atoms with van der Waals surface area (Å²) in [6.07, 6.45) is -4.54. The van der Waals surface area contributed by atoms with Crippen molar-refractivity contribution in [3.05, 3.63) is 64.8 Å². The molecule has 0 aliphatic rings. The van der Waals surface area contributed by atoms with Crippen LogP contribution < -0.4 is 0 Å². The molecule has 0 saturated heterocycles. The molecule has 1 aromatic heterocycles. The van der Waals surface area contributed by atoms with Gasteiger partial charge in [-0.05, 0) is 30.3 Å². The third kappa shape index (κ3) is 3.34. The van der Waals surface area contributed by atoms with Crippen LogP contribution in [0.15, 0.2) is 48.5 Å². The fourth-order valence-electron chi connectivity index (χ4n) is 2.32. The Kier molecular flexibility index (Phi) is 4.22. The molecule has 0 aliphatic carbocycles. The molecule has 3 aromatic rings. The topological polar surface area (TPSA) is 68.0 Å². The van der Waals surface area contributed by atoms with E-state index in [4.69, 9.17) is 11.6 Å². The van der Waals surface area contributed by atoms with Crippen molar-refractivity contribution in [2.75, 3.05) is 0 Å². The summed E-state index contributed by atoms with van der Waals surface area (Å²) in [5.74, 6) is -1.35. The number of hydrogen-bond donors (Lipinski definition) is 1. The summed E-state index contributed by atoms with van der Waals surface area (Å²) in [6, 6.07) is 10.6. The second kappa shape index (κ2) is 6.21. The molecule has 1 heterocycles. The van der Waals surface area contributed by atoms with E-state index in [0.29, 0.717) is 10.6 Å². The van der Waals surface area contributed by atoms with E-state index in [2.05, 4.69) is 10.3 Å². The van der Waals surface area contributed by atoms with Gasteiger partial charge >= 0.3 is 12.1 Å². The summed E-state index contributed by atoms with van der Waals surface area (Å²) in [4.78, 5) is 11.4. The maximum absolute atomic E-state index is 12.9. The summed E-state index contributed by atoms with van der Waals surface area (Å²) in [5.41, 5.74) is -0.833. The van der Waals surface area contributed by atoms with Crippen LogP contribution in [0, 0.1) is 0 Å². The quantitative estimate of drug-likeness (QED) is 0.749. The SMILES string of the molecule is O=C(O)c1nnn(-c2cccc(C(F)(F)F)c2)c1-c1cccc(Cl)c1. The Bertz CT molecular complexity index is 954. The molecule has 1 N–H and O–H groups in total. The number of alkyl halides is 3. The molecule has 25 heavy (non-hydrogen) atoms. The van der Waals surface area contributed by atoms with Crippen LogP contribution in [0.1, 0.15) is 16.1 Å². The van der Waals surface area contributed by atoms with Crippen LogP contribution in [0.3, 0.4) is 0 Å². The summed E-state index contributed by atoms with van der Waals surface area (Å²) in [5, 5.41) is 16.9. The van der Waals surface area contributed by atoms with E-state index >= 15 is 0 Å².